The molecule has 0 fully saturated rings. The molecule has 7 nitrogen and oxygen atoms in total. The van der Waals surface area contributed by atoms with Crippen molar-refractivity contribution in [3.05, 3.63) is 124 Å². The predicted molar refractivity (Wildman–Crippen MR) is 192 cm³/mol. The van der Waals surface area contributed by atoms with Crippen molar-refractivity contribution < 1.29 is 4.39 Å². The second-order valence-electron chi connectivity index (χ2n) is 11.7. The first-order valence-corrected chi connectivity index (χ1v) is 17.2. The molecule has 0 atom stereocenters. The van der Waals surface area contributed by atoms with Crippen LogP contribution in [0.4, 0.5) is 4.39 Å². The van der Waals surface area contributed by atoms with Gasteiger partial charge in [0.2, 0.25) is 0 Å². The van der Waals surface area contributed by atoms with Crippen molar-refractivity contribution in [1.29, 1.82) is 0 Å². The highest BCUT2D eigenvalue weighted by atomic mass is 32.2. The quantitative estimate of drug-likeness (QED) is 0.163. The molecule has 0 aliphatic carbocycles. The number of aryl methyl sites for hydroxylation is 2. The monoisotopic (exact) mass is 629 g/mol. The van der Waals surface area contributed by atoms with Gasteiger partial charge in [0.1, 0.15) is 11.5 Å². The molecule has 2 aromatic carbocycles. The Kier molecular flexibility index (Phi) is 8.78. The number of aromatic nitrogens is 6. The van der Waals surface area contributed by atoms with E-state index in [1.807, 2.05) is 42.9 Å². The molecular weight excluding hydrogens is 594 g/mol. The van der Waals surface area contributed by atoms with Crippen LogP contribution in [0.2, 0.25) is 0 Å². The summed E-state index contributed by atoms with van der Waals surface area (Å²) in [6.07, 6.45) is 15.1. The smallest absolute Gasteiger partial charge is 0.159 e. The van der Waals surface area contributed by atoms with Crippen LogP contribution in [-0.4, -0.2) is 48.1 Å². The Balaban J connectivity index is 1.25. The third kappa shape index (κ3) is 7.22. The first-order valence-electron chi connectivity index (χ1n) is 14.9. The van der Waals surface area contributed by atoms with Crippen LogP contribution in [0, 0.1) is 5.82 Å². The summed E-state index contributed by atoms with van der Waals surface area (Å²) in [7, 11) is -1.44. The number of hydrogen-bond acceptors (Lipinski definition) is 5. The third-order valence-corrected chi connectivity index (χ3v) is 8.55. The number of imidazole rings is 1. The zero-order valence-corrected chi connectivity index (χ0v) is 26.8. The summed E-state index contributed by atoms with van der Waals surface area (Å²) in [6.45, 7) is 6.80. The van der Waals surface area contributed by atoms with Crippen LogP contribution in [0.5, 0.6) is 0 Å². The maximum Gasteiger partial charge on any atom is 0.159 e. The number of H-pyrrole nitrogens is 2. The minimum absolute atomic E-state index is 0.336. The number of aromatic amines is 2. The van der Waals surface area contributed by atoms with Crippen molar-refractivity contribution in [3.8, 4) is 22.6 Å². The molecule has 0 unspecified atom stereocenters. The van der Waals surface area contributed by atoms with Crippen LogP contribution in [-0.2, 0) is 19.4 Å². The summed E-state index contributed by atoms with van der Waals surface area (Å²) in [6, 6.07) is 17.6. The van der Waals surface area contributed by atoms with E-state index in [1.165, 1.54) is 23.3 Å². The fraction of sp³-hybridized carbons (Fsp3) is 0.135. The minimum Gasteiger partial charge on any atom is -0.335 e. The van der Waals surface area contributed by atoms with Crippen LogP contribution in [0.1, 0.15) is 29.2 Å². The lowest BCUT2D eigenvalue weighted by Gasteiger charge is -2.12. The van der Waals surface area contributed by atoms with E-state index in [9.17, 15) is 4.39 Å². The van der Waals surface area contributed by atoms with Gasteiger partial charge in [-0.1, -0.05) is 54.7 Å². The van der Waals surface area contributed by atoms with Gasteiger partial charge in [0.15, 0.2) is 5.82 Å². The van der Waals surface area contributed by atoms with Gasteiger partial charge in [-0.2, -0.15) is 14.5 Å². The van der Waals surface area contributed by atoms with Crippen LogP contribution < -0.4 is 15.3 Å². The Morgan fingerprint density at radius 3 is 2.54 bits per heavy atom. The molecule has 6 rings (SSSR count). The van der Waals surface area contributed by atoms with Crippen LogP contribution in [0.25, 0.3) is 51.9 Å². The van der Waals surface area contributed by atoms with E-state index >= 15 is 0 Å². The fourth-order valence-electron chi connectivity index (χ4n) is 5.21. The normalized spacial score (nSPS) is 12.7. The highest BCUT2D eigenvalue weighted by molar-refractivity contribution is 8.25. The van der Waals surface area contributed by atoms with Crippen molar-refractivity contribution >= 4 is 50.4 Å². The van der Waals surface area contributed by atoms with E-state index in [1.54, 1.807) is 12.4 Å². The second-order valence-corrected chi connectivity index (χ2v) is 14.5. The zero-order chi connectivity index (χ0) is 32.3. The van der Waals surface area contributed by atoms with Gasteiger partial charge < -0.3 is 4.98 Å². The molecule has 6 aromatic rings. The van der Waals surface area contributed by atoms with Gasteiger partial charge in [0, 0.05) is 35.9 Å². The van der Waals surface area contributed by atoms with Gasteiger partial charge in [-0.25, -0.2) is 9.37 Å². The van der Waals surface area contributed by atoms with E-state index in [4.69, 9.17) is 4.98 Å². The summed E-state index contributed by atoms with van der Waals surface area (Å²) < 4.78 is 18.0. The standard InChI is InChI=1S/C37H36FN7S/c1-24(30-15-27(19-39-21-30)13-12-26-9-7-6-8-10-26)11-14-33-25(2)35(45-44-33)37-42-34-23-40-22-32(36(34)43-37)29-16-28(17-31(38)18-29)20-41-46(3,4)5/h6-11,14-19,21-23,41,44H,2-4,12-13,20H2,1,5H3,(H,42,43)/b24-11+,33-14+. The highest BCUT2D eigenvalue weighted by Crippen LogP contribution is 2.29. The van der Waals surface area contributed by atoms with Crippen LogP contribution >= 0.6 is 9.39 Å². The number of allylic oxidation sites excluding steroid dienone is 2. The molecule has 4 aromatic heterocycles. The summed E-state index contributed by atoms with van der Waals surface area (Å²) >= 11 is 0. The maximum absolute atomic E-state index is 14.7. The molecule has 3 N–H and O–H groups in total. The van der Waals surface area contributed by atoms with Crippen LogP contribution in [0.15, 0.2) is 85.5 Å². The van der Waals surface area contributed by atoms with Crippen molar-refractivity contribution in [2.24, 2.45) is 0 Å². The third-order valence-electron chi connectivity index (χ3n) is 7.71. The highest BCUT2D eigenvalue weighted by Gasteiger charge is 2.15. The molecule has 0 bridgehead atoms. The summed E-state index contributed by atoms with van der Waals surface area (Å²) in [5.74, 6) is 8.30. The van der Waals surface area contributed by atoms with E-state index < -0.39 is 9.39 Å². The Hall–Kier alpha value is -5.12. The van der Waals surface area contributed by atoms with Crippen LogP contribution in [0.3, 0.4) is 0 Å². The van der Waals surface area contributed by atoms with Crippen molar-refractivity contribution in [2.45, 2.75) is 26.3 Å². The SMILES string of the molecule is C=c1c(-c2nc3c(-c4cc(F)cc(CNS(=C)(=C)C)c4)cncc3[nH]2)n[nH]/c1=C/C=C(\C)c1cncc(CCc2ccccc2)c1. The number of fused-ring (bicyclic) bond motifs is 1. The Bertz CT molecular complexity index is 2280. The van der Waals surface area contributed by atoms with E-state index in [-0.39, 0.29) is 5.82 Å². The Labute approximate surface area is 268 Å². The molecule has 232 valence electrons. The minimum atomic E-state index is -1.44. The van der Waals surface area contributed by atoms with Crippen molar-refractivity contribution in [2.75, 3.05) is 6.26 Å². The van der Waals surface area contributed by atoms with Gasteiger partial charge >= 0.3 is 0 Å². The summed E-state index contributed by atoms with van der Waals surface area (Å²) in [4.78, 5) is 17.0. The maximum atomic E-state index is 14.7. The molecule has 46 heavy (non-hydrogen) atoms. The topological polar surface area (TPSA) is 95.2 Å². The number of nitrogens with zero attached hydrogens (tertiary/aromatic N) is 4. The summed E-state index contributed by atoms with van der Waals surface area (Å²) in [5.41, 5.74) is 8.82. The first kappa shape index (κ1) is 30.9. The molecule has 0 aliphatic rings. The number of nitrogens with one attached hydrogen (secondary N) is 3. The number of halogens is 1. The zero-order valence-electron chi connectivity index (χ0n) is 26.0. The Morgan fingerprint density at radius 2 is 1.74 bits per heavy atom. The predicted octanol–water partition coefficient (Wildman–Crippen LogP) is 5.93. The van der Waals surface area contributed by atoms with E-state index in [2.05, 4.69) is 85.4 Å². The van der Waals surface area contributed by atoms with Gasteiger partial charge in [-0.05, 0) is 89.8 Å². The molecule has 0 amide bonds. The number of pyridine rings is 2. The molecule has 0 spiro atoms. The molecule has 0 aliphatic heterocycles. The van der Waals surface area contributed by atoms with Gasteiger partial charge in [-0.3, -0.25) is 19.8 Å². The summed E-state index contributed by atoms with van der Waals surface area (Å²) in [5, 5.41) is 9.10. The number of rotatable bonds is 10. The molecule has 4 heterocycles. The number of benzene rings is 2. The molecule has 0 radical (unpaired) electrons. The van der Waals surface area contributed by atoms with Crippen molar-refractivity contribution in [1.82, 2.24) is 34.9 Å². The average Bonchev–Trinajstić information content (AvgIpc) is 3.64. The van der Waals surface area contributed by atoms with Gasteiger partial charge in [-0.15, -0.1) is 0 Å². The lowest BCUT2D eigenvalue weighted by molar-refractivity contribution is 0.625. The van der Waals surface area contributed by atoms with Crippen molar-refractivity contribution in [3.63, 3.8) is 0 Å². The number of hydrogen-bond donors (Lipinski definition) is 3. The van der Waals surface area contributed by atoms with E-state index in [0.29, 0.717) is 45.4 Å². The second kappa shape index (κ2) is 13.1. The lowest BCUT2D eigenvalue weighted by Crippen LogP contribution is -2.21. The molecule has 9 heteroatoms. The molecular formula is C37H36FN7S. The lowest BCUT2D eigenvalue weighted by atomic mass is 10.0. The average molecular weight is 630 g/mol. The molecule has 0 saturated carbocycles. The molecule has 0 saturated heterocycles. The fourth-order valence-corrected chi connectivity index (χ4v) is 5.73. The Morgan fingerprint density at radius 1 is 0.957 bits per heavy atom. The largest absolute Gasteiger partial charge is 0.335 e. The van der Waals surface area contributed by atoms with E-state index in [0.717, 1.165) is 34.9 Å². The van der Waals surface area contributed by atoms with Gasteiger partial charge in [0.05, 0.1) is 22.6 Å². The first-order chi connectivity index (χ1) is 22.1. The van der Waals surface area contributed by atoms with Gasteiger partial charge in [0.25, 0.3) is 0 Å².